The second kappa shape index (κ2) is 21.3. The Morgan fingerprint density at radius 2 is 1.44 bits per heavy atom. The first kappa shape index (κ1) is 22.2. The number of rotatable bonds is 6. The first-order valence-electron chi connectivity index (χ1n) is 7.26. The molecule has 18 heavy (non-hydrogen) atoms. The summed E-state index contributed by atoms with van der Waals surface area (Å²) in [5, 5.41) is 0. The van der Waals surface area contributed by atoms with Gasteiger partial charge >= 0.3 is 0 Å². The van der Waals surface area contributed by atoms with Gasteiger partial charge in [-0.2, -0.15) is 0 Å². The lowest BCUT2D eigenvalue weighted by atomic mass is 10.1. The molecule has 0 spiro atoms. The molecule has 0 aromatic carbocycles. The van der Waals surface area contributed by atoms with Crippen molar-refractivity contribution >= 4 is 0 Å². The van der Waals surface area contributed by atoms with Crippen LogP contribution < -0.4 is 0 Å². The van der Waals surface area contributed by atoms with Gasteiger partial charge in [0.2, 0.25) is 0 Å². The zero-order chi connectivity index (χ0) is 14.8. The van der Waals surface area contributed by atoms with Crippen LogP contribution in [0.15, 0.2) is 48.6 Å². The molecule has 0 saturated carbocycles. The van der Waals surface area contributed by atoms with E-state index in [0.717, 1.165) is 18.4 Å². The molecule has 0 fully saturated rings. The lowest BCUT2D eigenvalue weighted by Gasteiger charge is -2.00. The van der Waals surface area contributed by atoms with E-state index in [2.05, 4.69) is 33.9 Å². The van der Waals surface area contributed by atoms with Gasteiger partial charge in [0.05, 0.1) is 0 Å². The molecular weight excluding hydrogens is 216 g/mol. The van der Waals surface area contributed by atoms with Crippen LogP contribution >= 0.6 is 0 Å². The molecule has 0 aliphatic carbocycles. The Hall–Kier alpha value is -1.04. The highest BCUT2D eigenvalue weighted by atomic mass is 14.0. The zero-order valence-corrected chi connectivity index (χ0v) is 13.6. The van der Waals surface area contributed by atoms with E-state index >= 15 is 0 Å². The molecular formula is C18H34. The molecule has 0 aliphatic heterocycles. The summed E-state index contributed by atoms with van der Waals surface area (Å²) < 4.78 is 0. The van der Waals surface area contributed by atoms with E-state index in [1.807, 2.05) is 45.1 Å². The molecule has 0 N–H and O–H groups in total. The maximum Gasteiger partial charge on any atom is -0.00758 e. The van der Waals surface area contributed by atoms with Gasteiger partial charge < -0.3 is 0 Å². The van der Waals surface area contributed by atoms with Crippen LogP contribution in [0.3, 0.4) is 0 Å². The van der Waals surface area contributed by atoms with Crippen molar-refractivity contribution in [2.75, 3.05) is 0 Å². The Bertz CT molecular complexity index is 226. The van der Waals surface area contributed by atoms with Crippen LogP contribution in [0.5, 0.6) is 0 Å². The van der Waals surface area contributed by atoms with Crippen LogP contribution in [-0.4, -0.2) is 0 Å². The molecule has 0 unspecified atom stereocenters. The van der Waals surface area contributed by atoms with Crippen molar-refractivity contribution in [1.29, 1.82) is 0 Å². The van der Waals surface area contributed by atoms with Gasteiger partial charge in [-0.05, 0) is 19.8 Å². The molecule has 0 rings (SSSR count). The Labute approximate surface area is 116 Å². The summed E-state index contributed by atoms with van der Waals surface area (Å²) in [6, 6.07) is 0. The van der Waals surface area contributed by atoms with E-state index in [-0.39, 0.29) is 0 Å². The standard InChI is InChI=1S/C12H18.C4H10.C2H6/c1-5-7-8-9-12(4)10-11(3)6-2;1-3-4-2;1-2/h5,7-9H,3-4,6,10H2,1-2H3;3-4H2,1-2H3;1-2H3/b7-5-,9-8-;;. The second-order valence-electron chi connectivity index (χ2n) is 3.82. The van der Waals surface area contributed by atoms with Crippen molar-refractivity contribution in [3.8, 4) is 0 Å². The Morgan fingerprint density at radius 1 is 0.944 bits per heavy atom. The molecule has 0 heterocycles. The summed E-state index contributed by atoms with van der Waals surface area (Å²) in [7, 11) is 0. The second-order valence-corrected chi connectivity index (χ2v) is 3.82. The molecule has 0 nitrogen and oxygen atoms in total. The van der Waals surface area contributed by atoms with Crippen molar-refractivity contribution in [2.24, 2.45) is 0 Å². The van der Waals surface area contributed by atoms with Gasteiger partial charge in [0.15, 0.2) is 0 Å². The average molecular weight is 250 g/mol. The quantitative estimate of drug-likeness (QED) is 0.356. The van der Waals surface area contributed by atoms with Crippen LogP contribution in [0.2, 0.25) is 0 Å². The van der Waals surface area contributed by atoms with E-state index in [1.165, 1.54) is 18.4 Å². The smallest absolute Gasteiger partial charge is 0.00758 e. The fraction of sp³-hybridized carbons (Fsp3) is 0.556. The molecule has 0 heteroatoms. The van der Waals surface area contributed by atoms with Crippen molar-refractivity contribution in [2.45, 2.75) is 67.2 Å². The fourth-order valence-electron chi connectivity index (χ4n) is 0.808. The van der Waals surface area contributed by atoms with Gasteiger partial charge in [-0.25, -0.2) is 0 Å². The zero-order valence-electron chi connectivity index (χ0n) is 13.6. The third-order valence-electron chi connectivity index (χ3n) is 2.11. The average Bonchev–Trinajstić information content (AvgIpc) is 2.41. The summed E-state index contributed by atoms with van der Waals surface area (Å²) in [6.07, 6.45) is 12.6. The molecule has 106 valence electrons. The minimum atomic E-state index is 0.921. The highest BCUT2D eigenvalue weighted by Crippen LogP contribution is 2.11. The van der Waals surface area contributed by atoms with E-state index in [9.17, 15) is 0 Å². The van der Waals surface area contributed by atoms with Crippen LogP contribution in [-0.2, 0) is 0 Å². The molecule has 0 saturated heterocycles. The maximum absolute atomic E-state index is 3.93. The number of allylic oxidation sites excluding steroid dienone is 6. The summed E-state index contributed by atoms with van der Waals surface area (Å²) in [5.41, 5.74) is 2.37. The van der Waals surface area contributed by atoms with Crippen LogP contribution in [0.1, 0.15) is 67.2 Å². The third-order valence-corrected chi connectivity index (χ3v) is 2.11. The molecule has 0 aliphatic rings. The Balaban J connectivity index is -0.000000317. The Kier molecular flexibility index (Phi) is 26.2. The highest BCUT2D eigenvalue weighted by Gasteiger charge is 1.91. The first-order valence-corrected chi connectivity index (χ1v) is 7.26. The van der Waals surface area contributed by atoms with Gasteiger partial charge in [0, 0.05) is 0 Å². The van der Waals surface area contributed by atoms with E-state index in [4.69, 9.17) is 0 Å². The predicted molar refractivity (Wildman–Crippen MR) is 89.1 cm³/mol. The largest absolute Gasteiger partial charge is 0.0995 e. The predicted octanol–water partition coefficient (Wildman–Crippen LogP) is 6.86. The lowest BCUT2D eigenvalue weighted by Crippen LogP contribution is -1.80. The van der Waals surface area contributed by atoms with Crippen molar-refractivity contribution in [3.05, 3.63) is 48.6 Å². The highest BCUT2D eigenvalue weighted by molar-refractivity contribution is 5.23. The molecule has 0 amide bonds. The van der Waals surface area contributed by atoms with Gasteiger partial charge in [0.25, 0.3) is 0 Å². The van der Waals surface area contributed by atoms with Crippen molar-refractivity contribution in [1.82, 2.24) is 0 Å². The summed E-state index contributed by atoms with van der Waals surface area (Å²) in [4.78, 5) is 0. The van der Waals surface area contributed by atoms with Crippen LogP contribution in [0.4, 0.5) is 0 Å². The molecule has 0 aromatic rings. The molecule has 0 radical (unpaired) electrons. The van der Waals surface area contributed by atoms with Gasteiger partial charge in [0.1, 0.15) is 0 Å². The number of hydrogen-bond donors (Lipinski definition) is 0. The van der Waals surface area contributed by atoms with Crippen LogP contribution in [0.25, 0.3) is 0 Å². The van der Waals surface area contributed by atoms with Crippen molar-refractivity contribution in [3.63, 3.8) is 0 Å². The number of hydrogen-bond acceptors (Lipinski definition) is 0. The monoisotopic (exact) mass is 250 g/mol. The molecule has 0 aromatic heterocycles. The van der Waals surface area contributed by atoms with E-state index in [0.29, 0.717) is 0 Å². The molecule has 0 atom stereocenters. The minimum Gasteiger partial charge on any atom is -0.0995 e. The van der Waals surface area contributed by atoms with Gasteiger partial charge in [-0.1, -0.05) is 96.1 Å². The van der Waals surface area contributed by atoms with Gasteiger partial charge in [-0.15, -0.1) is 0 Å². The minimum absolute atomic E-state index is 0.921. The summed E-state index contributed by atoms with van der Waals surface area (Å²) in [5.74, 6) is 0. The van der Waals surface area contributed by atoms with Crippen molar-refractivity contribution < 1.29 is 0 Å². The summed E-state index contributed by atoms with van der Waals surface area (Å²) >= 11 is 0. The molecule has 0 bridgehead atoms. The van der Waals surface area contributed by atoms with Gasteiger partial charge in [-0.3, -0.25) is 0 Å². The fourth-order valence-corrected chi connectivity index (χ4v) is 0.808. The van der Waals surface area contributed by atoms with Crippen LogP contribution in [0, 0.1) is 0 Å². The maximum atomic E-state index is 3.93. The summed E-state index contributed by atoms with van der Waals surface area (Å²) in [6.45, 7) is 20.3. The lowest BCUT2D eigenvalue weighted by molar-refractivity contribution is 0.886. The Morgan fingerprint density at radius 3 is 1.78 bits per heavy atom. The SMILES string of the molecule is C=C(/C=C\C=C/C)CC(=C)CC.CC.CCCC. The topological polar surface area (TPSA) is 0 Å². The number of unbranched alkanes of at least 4 members (excludes halogenated alkanes) is 1. The van der Waals surface area contributed by atoms with E-state index < -0.39 is 0 Å². The third kappa shape index (κ3) is 24.3. The first-order chi connectivity index (χ1) is 8.62. The van der Waals surface area contributed by atoms with E-state index in [1.54, 1.807) is 0 Å². The normalized spacial score (nSPS) is 9.44.